The summed E-state index contributed by atoms with van der Waals surface area (Å²) >= 11 is 12.0. The number of amides is 1. The quantitative estimate of drug-likeness (QED) is 0.621. The van der Waals surface area contributed by atoms with Gasteiger partial charge >= 0.3 is 0 Å². The van der Waals surface area contributed by atoms with Crippen molar-refractivity contribution in [3.63, 3.8) is 0 Å². The van der Waals surface area contributed by atoms with Crippen LogP contribution in [0.1, 0.15) is 10.6 Å². The van der Waals surface area contributed by atoms with Crippen molar-refractivity contribution in [2.24, 2.45) is 0 Å². The van der Waals surface area contributed by atoms with Gasteiger partial charge in [-0.25, -0.2) is 0 Å². The molecule has 0 unspecified atom stereocenters. The molecule has 0 saturated heterocycles. The van der Waals surface area contributed by atoms with E-state index in [1.807, 2.05) is 0 Å². The lowest BCUT2D eigenvalue weighted by molar-refractivity contribution is 0.0997. The summed E-state index contributed by atoms with van der Waals surface area (Å²) in [5, 5.41) is 3.59. The van der Waals surface area contributed by atoms with Crippen molar-refractivity contribution in [2.45, 2.75) is 0 Å². The number of anilines is 2. The average Bonchev–Trinajstić information content (AvgIpc) is 3.08. The molecule has 1 amide bonds. The van der Waals surface area contributed by atoms with Crippen LogP contribution in [-0.4, -0.2) is 13.0 Å². The molecule has 0 bridgehead atoms. The number of methoxy groups -OCH3 is 1. The van der Waals surface area contributed by atoms with E-state index in [1.165, 1.54) is 0 Å². The Morgan fingerprint density at radius 2 is 1.88 bits per heavy atom. The number of rotatable bonds is 4. The first-order chi connectivity index (χ1) is 12.0. The van der Waals surface area contributed by atoms with Crippen molar-refractivity contribution in [3.8, 4) is 17.1 Å². The highest BCUT2D eigenvalue weighted by Crippen LogP contribution is 2.31. The van der Waals surface area contributed by atoms with Gasteiger partial charge in [0.2, 0.25) is 0 Å². The highest BCUT2D eigenvalue weighted by Gasteiger charge is 2.14. The van der Waals surface area contributed by atoms with Crippen LogP contribution >= 0.6 is 23.2 Å². The van der Waals surface area contributed by atoms with Gasteiger partial charge in [0.15, 0.2) is 5.76 Å². The molecule has 0 fully saturated rings. The Balaban J connectivity index is 1.79. The number of halogens is 2. The Labute approximate surface area is 154 Å². The molecule has 25 heavy (non-hydrogen) atoms. The van der Waals surface area contributed by atoms with Crippen LogP contribution in [0, 0.1) is 0 Å². The van der Waals surface area contributed by atoms with E-state index in [1.54, 1.807) is 55.6 Å². The number of nitrogen functional groups attached to an aromatic ring is 1. The summed E-state index contributed by atoms with van der Waals surface area (Å²) in [6.45, 7) is 0. The van der Waals surface area contributed by atoms with Crippen molar-refractivity contribution in [3.05, 3.63) is 64.3 Å². The normalized spacial score (nSPS) is 10.5. The van der Waals surface area contributed by atoms with Crippen LogP contribution in [0.25, 0.3) is 11.3 Å². The van der Waals surface area contributed by atoms with Gasteiger partial charge in [0, 0.05) is 11.3 Å². The van der Waals surface area contributed by atoms with E-state index >= 15 is 0 Å². The maximum absolute atomic E-state index is 12.3. The molecule has 0 aliphatic rings. The molecule has 0 saturated carbocycles. The van der Waals surface area contributed by atoms with Crippen LogP contribution in [0.2, 0.25) is 10.0 Å². The second-order valence-corrected chi connectivity index (χ2v) is 6.02. The summed E-state index contributed by atoms with van der Waals surface area (Å²) in [4.78, 5) is 12.3. The minimum Gasteiger partial charge on any atom is -0.495 e. The number of carbonyl (C=O) groups is 1. The Hall–Kier alpha value is -2.63. The van der Waals surface area contributed by atoms with Crippen LogP contribution in [-0.2, 0) is 0 Å². The molecule has 1 aromatic heterocycles. The monoisotopic (exact) mass is 376 g/mol. The summed E-state index contributed by atoms with van der Waals surface area (Å²) in [7, 11) is 1.54. The van der Waals surface area contributed by atoms with Gasteiger partial charge in [-0.05, 0) is 48.5 Å². The number of ether oxygens (including phenoxy) is 1. The Bertz CT molecular complexity index is 938. The van der Waals surface area contributed by atoms with Crippen molar-refractivity contribution in [2.75, 3.05) is 18.2 Å². The average molecular weight is 377 g/mol. The molecule has 7 heteroatoms. The molecule has 3 rings (SSSR count). The highest BCUT2D eigenvalue weighted by atomic mass is 35.5. The number of nitrogens with two attached hydrogens (primary N) is 1. The number of carbonyl (C=O) groups excluding carboxylic acids is 1. The first-order valence-corrected chi connectivity index (χ1v) is 8.03. The standard InChI is InChI=1S/C18H14Cl2N2O3/c1-24-16-5-2-10(8-13(16)20)15-6-7-17(25-15)18(23)22-11-3-4-12(19)14(21)9-11/h2-9H,21H2,1H3,(H,22,23). The van der Waals surface area contributed by atoms with Crippen LogP contribution in [0.3, 0.4) is 0 Å². The first kappa shape index (κ1) is 17.2. The number of hydrogen-bond donors (Lipinski definition) is 2. The largest absolute Gasteiger partial charge is 0.495 e. The van der Waals surface area contributed by atoms with Gasteiger partial charge in [-0.2, -0.15) is 0 Å². The summed E-state index contributed by atoms with van der Waals surface area (Å²) in [5.41, 5.74) is 7.37. The zero-order valence-electron chi connectivity index (χ0n) is 13.2. The fourth-order valence-corrected chi connectivity index (χ4v) is 2.62. The lowest BCUT2D eigenvalue weighted by Crippen LogP contribution is -2.11. The number of nitrogens with one attached hydrogen (secondary N) is 1. The van der Waals surface area contributed by atoms with E-state index in [9.17, 15) is 4.79 Å². The maximum atomic E-state index is 12.3. The molecule has 0 aliphatic heterocycles. The van der Waals surface area contributed by atoms with E-state index in [-0.39, 0.29) is 5.76 Å². The van der Waals surface area contributed by atoms with Crippen molar-refractivity contribution in [1.82, 2.24) is 0 Å². The Morgan fingerprint density at radius 3 is 2.56 bits per heavy atom. The van der Waals surface area contributed by atoms with Gasteiger partial charge in [0.25, 0.3) is 5.91 Å². The summed E-state index contributed by atoms with van der Waals surface area (Å²) in [5.74, 6) is 0.851. The number of benzene rings is 2. The summed E-state index contributed by atoms with van der Waals surface area (Å²) in [6.07, 6.45) is 0. The summed E-state index contributed by atoms with van der Waals surface area (Å²) in [6, 6.07) is 13.4. The van der Waals surface area contributed by atoms with Crippen LogP contribution in [0.4, 0.5) is 11.4 Å². The van der Waals surface area contributed by atoms with Crippen molar-refractivity contribution >= 4 is 40.5 Å². The lowest BCUT2D eigenvalue weighted by atomic mass is 10.2. The molecule has 128 valence electrons. The molecule has 2 aromatic carbocycles. The maximum Gasteiger partial charge on any atom is 0.291 e. The second kappa shape index (κ2) is 7.09. The Morgan fingerprint density at radius 1 is 1.08 bits per heavy atom. The van der Waals surface area contributed by atoms with Crippen LogP contribution in [0.5, 0.6) is 5.75 Å². The van der Waals surface area contributed by atoms with E-state index in [4.69, 9.17) is 38.1 Å². The topological polar surface area (TPSA) is 77.5 Å². The van der Waals surface area contributed by atoms with Gasteiger partial charge in [0.1, 0.15) is 11.5 Å². The number of furan rings is 1. The van der Waals surface area contributed by atoms with E-state index in [2.05, 4.69) is 5.32 Å². The van der Waals surface area contributed by atoms with E-state index in [0.717, 1.165) is 5.56 Å². The van der Waals surface area contributed by atoms with E-state index < -0.39 is 5.91 Å². The molecule has 3 aromatic rings. The smallest absolute Gasteiger partial charge is 0.291 e. The predicted octanol–water partition coefficient (Wildman–Crippen LogP) is 5.10. The molecule has 5 nitrogen and oxygen atoms in total. The SMILES string of the molecule is COc1ccc(-c2ccc(C(=O)Nc3ccc(Cl)c(N)c3)o2)cc1Cl. The van der Waals surface area contributed by atoms with E-state index in [0.29, 0.717) is 32.9 Å². The molecule has 0 spiro atoms. The molecule has 0 atom stereocenters. The first-order valence-electron chi connectivity index (χ1n) is 7.28. The minimum atomic E-state index is -0.396. The number of hydrogen-bond acceptors (Lipinski definition) is 4. The predicted molar refractivity (Wildman–Crippen MR) is 99.5 cm³/mol. The Kier molecular flexibility index (Phi) is 4.88. The zero-order valence-corrected chi connectivity index (χ0v) is 14.7. The van der Waals surface area contributed by atoms with Gasteiger partial charge < -0.3 is 20.2 Å². The lowest BCUT2D eigenvalue weighted by Gasteiger charge is -2.06. The zero-order chi connectivity index (χ0) is 18.0. The molecule has 0 radical (unpaired) electrons. The minimum absolute atomic E-state index is 0.162. The second-order valence-electron chi connectivity index (χ2n) is 5.20. The van der Waals surface area contributed by atoms with Crippen molar-refractivity contribution < 1.29 is 13.9 Å². The van der Waals surface area contributed by atoms with Gasteiger partial charge in [-0.15, -0.1) is 0 Å². The fraction of sp³-hybridized carbons (Fsp3) is 0.0556. The van der Waals surface area contributed by atoms with Gasteiger partial charge in [-0.1, -0.05) is 23.2 Å². The third-order valence-electron chi connectivity index (χ3n) is 3.52. The molecule has 3 N–H and O–H groups in total. The molecular formula is C18H14Cl2N2O3. The van der Waals surface area contributed by atoms with Crippen molar-refractivity contribution in [1.29, 1.82) is 0 Å². The van der Waals surface area contributed by atoms with Gasteiger partial charge in [-0.3, -0.25) is 4.79 Å². The summed E-state index contributed by atoms with van der Waals surface area (Å²) < 4.78 is 10.7. The van der Waals surface area contributed by atoms with Crippen LogP contribution < -0.4 is 15.8 Å². The third kappa shape index (κ3) is 3.73. The fourth-order valence-electron chi connectivity index (χ4n) is 2.25. The van der Waals surface area contributed by atoms with Crippen LogP contribution in [0.15, 0.2) is 52.9 Å². The molecule has 1 heterocycles. The highest BCUT2D eigenvalue weighted by molar-refractivity contribution is 6.33. The third-order valence-corrected chi connectivity index (χ3v) is 4.16. The van der Waals surface area contributed by atoms with Gasteiger partial charge in [0.05, 0.1) is 22.8 Å². The molecule has 0 aliphatic carbocycles. The molecular weight excluding hydrogens is 363 g/mol.